The molecule has 8 nitrogen and oxygen atoms in total. The van der Waals surface area contributed by atoms with E-state index >= 15 is 0 Å². The van der Waals surface area contributed by atoms with Crippen LogP contribution in [0.15, 0.2) is 81.9 Å². The highest BCUT2D eigenvalue weighted by Crippen LogP contribution is 2.34. The van der Waals surface area contributed by atoms with Gasteiger partial charge in [0.2, 0.25) is 12.1 Å². The number of nitrogens with zero attached hydrogens (tertiary/aromatic N) is 4. The molecule has 2 unspecified atom stereocenters. The molecule has 1 fully saturated rings. The molecule has 1 amide bonds. The number of hydrogen-bond acceptors (Lipinski definition) is 6. The standard InChI is InChI=1S/C26H21F5N6O2S/c1-15-24(38)37(22-20(27)3-2-4-21(22)28)25(40-15)36-35-13-16-5-7-17(8-6-16)23(32)34-14-33-18-9-11-19(12-10-18)39-26(29,30)31/h2-15,23H,32H2,1H3,(H,33,34)/p+1. The topological polar surface area (TPSA) is 106 Å². The number of benzene rings is 3. The van der Waals surface area contributed by atoms with Crippen molar-refractivity contribution in [2.45, 2.75) is 24.7 Å². The monoisotopic (exact) mass is 577 g/mol. The highest BCUT2D eigenvalue weighted by atomic mass is 32.2. The zero-order chi connectivity index (χ0) is 28.9. The van der Waals surface area contributed by atoms with Crippen molar-refractivity contribution in [1.82, 2.24) is 0 Å². The summed E-state index contributed by atoms with van der Waals surface area (Å²) in [6.45, 7) is 1.61. The Morgan fingerprint density at radius 1 is 1.05 bits per heavy atom. The number of amides is 1. The summed E-state index contributed by atoms with van der Waals surface area (Å²) in [7, 11) is 0. The molecule has 2 atom stereocenters. The Morgan fingerprint density at radius 2 is 1.70 bits per heavy atom. The van der Waals surface area contributed by atoms with Gasteiger partial charge < -0.3 is 15.8 Å². The molecular formula is C26H22F5N6O2S+. The number of ether oxygens (including phenoxy) is 1. The van der Waals surface area contributed by atoms with Crippen molar-refractivity contribution in [3.8, 4) is 5.75 Å². The van der Waals surface area contributed by atoms with E-state index in [1.54, 1.807) is 31.2 Å². The fraction of sp³-hybridized carbons (Fsp3) is 0.154. The summed E-state index contributed by atoms with van der Waals surface area (Å²) in [6.07, 6.45) is -2.44. The number of carbonyl (C=O) groups excluding carboxylic acids is 1. The van der Waals surface area contributed by atoms with E-state index in [9.17, 15) is 26.7 Å². The summed E-state index contributed by atoms with van der Waals surface area (Å²) >= 11 is 1.04. The van der Waals surface area contributed by atoms with Gasteiger partial charge in [-0.2, -0.15) is 5.10 Å². The van der Waals surface area contributed by atoms with E-state index in [0.717, 1.165) is 34.4 Å². The molecule has 208 valence electrons. The lowest BCUT2D eigenvalue weighted by molar-refractivity contribution is -0.423. The minimum absolute atomic E-state index is 0.0524. The van der Waals surface area contributed by atoms with Crippen LogP contribution >= 0.6 is 11.8 Å². The van der Waals surface area contributed by atoms with Crippen molar-refractivity contribution in [3.63, 3.8) is 0 Å². The van der Waals surface area contributed by atoms with E-state index in [4.69, 9.17) is 0 Å². The van der Waals surface area contributed by atoms with Gasteiger partial charge in [-0.1, -0.05) is 42.1 Å². The number of quaternary nitrogens is 1. The molecule has 1 saturated heterocycles. The van der Waals surface area contributed by atoms with Gasteiger partial charge in [-0.05, 0) is 48.9 Å². The largest absolute Gasteiger partial charge is 0.573 e. The molecule has 0 aliphatic carbocycles. The number of para-hydroxylation sites is 1. The van der Waals surface area contributed by atoms with Crippen LogP contribution < -0.4 is 20.7 Å². The van der Waals surface area contributed by atoms with E-state index in [0.29, 0.717) is 11.3 Å². The first-order valence-corrected chi connectivity index (χ1v) is 12.5. The molecule has 0 bridgehead atoms. The smallest absolute Gasteiger partial charge is 0.406 e. The van der Waals surface area contributed by atoms with Gasteiger partial charge in [0.15, 0.2) is 5.17 Å². The number of aliphatic imine (C=N–C) groups is 1. The van der Waals surface area contributed by atoms with Crippen LogP contribution in [0.4, 0.5) is 33.3 Å². The maximum atomic E-state index is 14.3. The van der Waals surface area contributed by atoms with Gasteiger partial charge in [-0.15, -0.1) is 18.3 Å². The van der Waals surface area contributed by atoms with Crippen molar-refractivity contribution >= 4 is 46.8 Å². The lowest BCUT2D eigenvalue weighted by Gasteiger charge is -2.16. The number of amidine groups is 1. The first-order chi connectivity index (χ1) is 19.0. The van der Waals surface area contributed by atoms with Crippen molar-refractivity contribution in [2.75, 3.05) is 10.2 Å². The van der Waals surface area contributed by atoms with Crippen LogP contribution in [0.1, 0.15) is 24.2 Å². The lowest BCUT2D eigenvalue weighted by atomic mass is 10.1. The van der Waals surface area contributed by atoms with Crippen molar-refractivity contribution < 1.29 is 37.2 Å². The van der Waals surface area contributed by atoms with E-state index in [1.165, 1.54) is 42.9 Å². The molecule has 40 heavy (non-hydrogen) atoms. The van der Waals surface area contributed by atoms with Gasteiger partial charge >= 0.3 is 6.36 Å². The van der Waals surface area contributed by atoms with E-state index in [1.807, 2.05) is 0 Å². The number of hydrogen-bond donors (Lipinski definition) is 2. The molecule has 3 aromatic rings. The van der Waals surface area contributed by atoms with Crippen LogP contribution in [0.25, 0.3) is 0 Å². The van der Waals surface area contributed by atoms with E-state index in [2.05, 4.69) is 31.0 Å². The zero-order valence-electron chi connectivity index (χ0n) is 20.8. The summed E-state index contributed by atoms with van der Waals surface area (Å²) < 4.78 is 69.2. The number of carbonyl (C=O) groups is 1. The second kappa shape index (κ2) is 12.3. The quantitative estimate of drug-likeness (QED) is 0.168. The van der Waals surface area contributed by atoms with Gasteiger partial charge in [0.25, 0.3) is 0 Å². The first kappa shape index (κ1) is 28.7. The minimum atomic E-state index is -4.76. The Bertz CT molecular complexity index is 1430. The summed E-state index contributed by atoms with van der Waals surface area (Å²) in [4.78, 5) is 17.7. The number of thioether (sulfide) groups is 1. The predicted molar refractivity (Wildman–Crippen MR) is 143 cm³/mol. The second-order valence-corrected chi connectivity index (χ2v) is 9.62. The number of rotatable bonds is 8. The van der Waals surface area contributed by atoms with Gasteiger partial charge in [0.1, 0.15) is 23.1 Å². The van der Waals surface area contributed by atoms with Crippen LogP contribution in [-0.2, 0) is 4.79 Å². The van der Waals surface area contributed by atoms with Gasteiger partial charge in [0.05, 0.1) is 17.8 Å². The molecule has 0 saturated carbocycles. The van der Waals surface area contributed by atoms with Crippen LogP contribution in [0.5, 0.6) is 5.75 Å². The number of anilines is 2. The SMILES string of the molecule is CC1SC(=NN=Cc2ccc(C([NH3+])N=CNc3ccc(OC(F)(F)F)cc3)cc2)N(c2c(F)cccc2F)C1=O. The molecule has 0 aromatic heterocycles. The Morgan fingerprint density at radius 3 is 2.33 bits per heavy atom. The molecule has 4 rings (SSSR count). The van der Waals surface area contributed by atoms with Crippen LogP contribution in [-0.4, -0.2) is 35.2 Å². The fourth-order valence-corrected chi connectivity index (χ4v) is 4.41. The molecule has 3 aromatic carbocycles. The summed E-state index contributed by atoms with van der Waals surface area (Å²) in [5, 5.41) is 10.3. The highest BCUT2D eigenvalue weighted by Gasteiger charge is 2.39. The normalized spacial score (nSPS) is 17.8. The second-order valence-electron chi connectivity index (χ2n) is 8.31. The van der Waals surface area contributed by atoms with Crippen molar-refractivity contribution in [3.05, 3.63) is 89.5 Å². The van der Waals surface area contributed by atoms with Crippen LogP contribution in [0.2, 0.25) is 0 Å². The number of nitrogens with one attached hydrogen (secondary N) is 1. The number of halogens is 5. The minimum Gasteiger partial charge on any atom is -0.406 e. The molecule has 14 heteroatoms. The molecular weight excluding hydrogens is 555 g/mol. The van der Waals surface area contributed by atoms with Crippen LogP contribution in [0.3, 0.4) is 0 Å². The number of alkyl halides is 3. The summed E-state index contributed by atoms with van der Waals surface area (Å²) in [5.74, 6) is -2.61. The lowest BCUT2D eigenvalue weighted by Crippen LogP contribution is -2.52. The highest BCUT2D eigenvalue weighted by molar-refractivity contribution is 8.16. The molecule has 1 aliphatic heterocycles. The molecule has 1 aliphatic rings. The van der Waals surface area contributed by atoms with Crippen LogP contribution in [0, 0.1) is 11.6 Å². The predicted octanol–water partition coefficient (Wildman–Crippen LogP) is 5.10. The molecule has 0 radical (unpaired) electrons. The van der Waals surface area contributed by atoms with Crippen molar-refractivity contribution in [2.24, 2.45) is 15.2 Å². The zero-order valence-corrected chi connectivity index (χ0v) is 21.6. The third kappa shape index (κ3) is 7.21. The van der Waals surface area contributed by atoms with Crippen molar-refractivity contribution in [1.29, 1.82) is 0 Å². The van der Waals surface area contributed by atoms with E-state index < -0.39 is 41.0 Å². The summed E-state index contributed by atoms with van der Waals surface area (Å²) in [5.41, 5.74) is 5.40. The Hall–Kier alpha value is -4.30. The van der Waals surface area contributed by atoms with Gasteiger partial charge in [-0.3, -0.25) is 9.69 Å². The third-order valence-corrected chi connectivity index (χ3v) is 6.48. The Balaban J connectivity index is 1.37. The Labute approximate surface area is 229 Å². The maximum absolute atomic E-state index is 14.3. The maximum Gasteiger partial charge on any atom is 0.573 e. The van der Waals surface area contributed by atoms with Gasteiger partial charge in [-0.25, -0.2) is 13.8 Å². The van der Waals surface area contributed by atoms with E-state index in [-0.39, 0.29) is 10.9 Å². The summed E-state index contributed by atoms with van der Waals surface area (Å²) in [6, 6.07) is 15.5. The molecule has 0 spiro atoms. The fourth-order valence-electron chi connectivity index (χ4n) is 3.50. The first-order valence-electron chi connectivity index (χ1n) is 11.6. The Kier molecular flexibility index (Phi) is 8.80. The molecule has 4 N–H and O–H groups in total. The van der Waals surface area contributed by atoms with Gasteiger partial charge in [0, 0.05) is 11.3 Å². The molecule has 1 heterocycles. The average molecular weight is 578 g/mol. The third-order valence-electron chi connectivity index (χ3n) is 5.45. The average Bonchev–Trinajstić information content (AvgIpc) is 3.17.